The van der Waals surface area contributed by atoms with Crippen LogP contribution in [0, 0.1) is 5.41 Å². The van der Waals surface area contributed by atoms with Gasteiger partial charge in [0.2, 0.25) is 0 Å². The van der Waals surface area contributed by atoms with Gasteiger partial charge in [0.15, 0.2) is 0 Å². The van der Waals surface area contributed by atoms with Crippen molar-refractivity contribution in [2.24, 2.45) is 5.41 Å². The Bertz CT molecular complexity index is 140. The quantitative estimate of drug-likeness (QED) is 0.546. The fourth-order valence-corrected chi connectivity index (χ4v) is 2.18. The molecule has 0 aromatic rings. The van der Waals surface area contributed by atoms with Crippen LogP contribution >= 0.6 is 0 Å². The van der Waals surface area contributed by atoms with Gasteiger partial charge in [-0.15, -0.1) is 0 Å². The highest BCUT2D eigenvalue weighted by Crippen LogP contribution is 2.32. The number of ether oxygens (including phenoxy) is 1. The molecule has 1 N–H and O–H groups in total. The van der Waals surface area contributed by atoms with Crippen molar-refractivity contribution in [3.63, 3.8) is 0 Å². The second-order valence-corrected chi connectivity index (χ2v) is 4.88. The summed E-state index contributed by atoms with van der Waals surface area (Å²) >= 11 is 0. The highest BCUT2D eigenvalue weighted by atomic mass is 16.5. The lowest BCUT2D eigenvalue weighted by Crippen LogP contribution is -2.35. The van der Waals surface area contributed by atoms with Gasteiger partial charge >= 0.3 is 0 Å². The van der Waals surface area contributed by atoms with Gasteiger partial charge in [0.25, 0.3) is 0 Å². The predicted octanol–water partition coefficient (Wildman–Crippen LogP) is 3.61. The Kier molecular flexibility index (Phi) is 10.0. The highest BCUT2D eigenvalue weighted by molar-refractivity contribution is 4.80. The SMILES string of the molecule is CCCCC(CC)(CCOC)CNCCC. The lowest BCUT2D eigenvalue weighted by Gasteiger charge is -2.33. The Balaban J connectivity index is 4.16. The molecule has 0 bridgehead atoms. The zero-order chi connectivity index (χ0) is 12.3. The zero-order valence-corrected chi connectivity index (χ0v) is 11.8. The standard InChI is InChI=1S/C14H31NO/c1-5-8-9-14(7-3,10-12-16-4)13-15-11-6-2/h15H,5-13H2,1-4H3. The number of hydrogen-bond acceptors (Lipinski definition) is 2. The maximum absolute atomic E-state index is 5.26. The van der Waals surface area contributed by atoms with E-state index in [1.807, 2.05) is 0 Å². The molecule has 0 rings (SSSR count). The number of nitrogens with one attached hydrogen (secondary N) is 1. The van der Waals surface area contributed by atoms with E-state index in [2.05, 4.69) is 26.1 Å². The van der Waals surface area contributed by atoms with E-state index in [4.69, 9.17) is 4.74 Å². The van der Waals surface area contributed by atoms with Crippen molar-refractivity contribution < 1.29 is 4.74 Å². The maximum Gasteiger partial charge on any atom is 0.0468 e. The molecule has 1 atom stereocenters. The summed E-state index contributed by atoms with van der Waals surface area (Å²) in [5, 5.41) is 3.59. The van der Waals surface area contributed by atoms with Crippen LogP contribution in [0.1, 0.15) is 59.3 Å². The van der Waals surface area contributed by atoms with Crippen LogP contribution in [-0.2, 0) is 4.74 Å². The molecule has 16 heavy (non-hydrogen) atoms. The van der Waals surface area contributed by atoms with Crippen molar-refractivity contribution in [2.45, 2.75) is 59.3 Å². The largest absolute Gasteiger partial charge is 0.385 e. The molecular formula is C14H31NO. The summed E-state index contributed by atoms with van der Waals surface area (Å²) in [6, 6.07) is 0. The lowest BCUT2D eigenvalue weighted by atomic mass is 9.77. The minimum atomic E-state index is 0.460. The number of rotatable bonds is 11. The Labute approximate surface area is 102 Å². The Hall–Kier alpha value is -0.0800. The molecule has 0 saturated heterocycles. The van der Waals surface area contributed by atoms with E-state index in [0.717, 1.165) is 19.7 Å². The molecule has 0 fully saturated rings. The topological polar surface area (TPSA) is 21.3 Å². The van der Waals surface area contributed by atoms with Crippen molar-refractivity contribution in [2.75, 3.05) is 26.8 Å². The molecule has 98 valence electrons. The van der Waals surface area contributed by atoms with Crippen LogP contribution in [0.2, 0.25) is 0 Å². The summed E-state index contributed by atoms with van der Waals surface area (Å²) in [7, 11) is 1.81. The Morgan fingerprint density at radius 2 is 1.81 bits per heavy atom. The number of methoxy groups -OCH3 is 1. The van der Waals surface area contributed by atoms with Crippen molar-refractivity contribution in [3.05, 3.63) is 0 Å². The Morgan fingerprint density at radius 3 is 2.31 bits per heavy atom. The van der Waals surface area contributed by atoms with Gasteiger partial charge in [0.1, 0.15) is 0 Å². The number of unbranched alkanes of at least 4 members (excludes halogenated alkanes) is 1. The van der Waals surface area contributed by atoms with E-state index in [-0.39, 0.29) is 0 Å². The minimum Gasteiger partial charge on any atom is -0.385 e. The second-order valence-electron chi connectivity index (χ2n) is 4.88. The summed E-state index contributed by atoms with van der Waals surface area (Å²) < 4.78 is 5.26. The summed E-state index contributed by atoms with van der Waals surface area (Å²) in [5.41, 5.74) is 0.460. The van der Waals surface area contributed by atoms with Crippen molar-refractivity contribution in [3.8, 4) is 0 Å². The molecule has 0 spiro atoms. The lowest BCUT2D eigenvalue weighted by molar-refractivity contribution is 0.120. The van der Waals surface area contributed by atoms with Gasteiger partial charge < -0.3 is 10.1 Å². The van der Waals surface area contributed by atoms with Gasteiger partial charge in [-0.05, 0) is 37.6 Å². The molecular weight excluding hydrogens is 198 g/mol. The van der Waals surface area contributed by atoms with E-state index < -0.39 is 0 Å². The first-order valence-electron chi connectivity index (χ1n) is 6.94. The van der Waals surface area contributed by atoms with E-state index in [1.165, 1.54) is 38.5 Å². The third-order valence-electron chi connectivity index (χ3n) is 3.57. The molecule has 1 unspecified atom stereocenters. The molecule has 0 aliphatic heterocycles. The van der Waals surface area contributed by atoms with Crippen LogP contribution in [0.5, 0.6) is 0 Å². The molecule has 2 nitrogen and oxygen atoms in total. The van der Waals surface area contributed by atoms with Gasteiger partial charge in [0.05, 0.1) is 0 Å². The molecule has 0 aliphatic rings. The zero-order valence-electron chi connectivity index (χ0n) is 11.8. The van der Waals surface area contributed by atoms with Crippen LogP contribution < -0.4 is 5.32 Å². The van der Waals surface area contributed by atoms with E-state index in [0.29, 0.717) is 5.41 Å². The normalized spacial score (nSPS) is 15.0. The first-order chi connectivity index (χ1) is 7.74. The third-order valence-corrected chi connectivity index (χ3v) is 3.57. The van der Waals surface area contributed by atoms with Gasteiger partial charge in [-0.1, -0.05) is 33.6 Å². The fourth-order valence-electron chi connectivity index (χ4n) is 2.18. The molecule has 0 heterocycles. The summed E-state index contributed by atoms with van der Waals surface area (Å²) in [6.45, 7) is 10.0. The predicted molar refractivity (Wildman–Crippen MR) is 71.9 cm³/mol. The number of hydrogen-bond donors (Lipinski definition) is 1. The van der Waals surface area contributed by atoms with Gasteiger partial charge in [-0.25, -0.2) is 0 Å². The molecule has 0 aliphatic carbocycles. The maximum atomic E-state index is 5.26. The van der Waals surface area contributed by atoms with Crippen molar-refractivity contribution >= 4 is 0 Å². The van der Waals surface area contributed by atoms with Crippen LogP contribution in [0.3, 0.4) is 0 Å². The molecule has 0 aromatic heterocycles. The van der Waals surface area contributed by atoms with Crippen LogP contribution in [-0.4, -0.2) is 26.8 Å². The average Bonchev–Trinajstić information content (AvgIpc) is 2.32. The minimum absolute atomic E-state index is 0.460. The van der Waals surface area contributed by atoms with Crippen molar-refractivity contribution in [1.29, 1.82) is 0 Å². The third kappa shape index (κ3) is 6.49. The van der Waals surface area contributed by atoms with Crippen LogP contribution in [0.15, 0.2) is 0 Å². The molecule has 0 aromatic carbocycles. The summed E-state index contributed by atoms with van der Waals surface area (Å²) in [5.74, 6) is 0. The summed E-state index contributed by atoms with van der Waals surface area (Å²) in [4.78, 5) is 0. The first-order valence-corrected chi connectivity index (χ1v) is 6.94. The van der Waals surface area contributed by atoms with E-state index in [9.17, 15) is 0 Å². The van der Waals surface area contributed by atoms with E-state index >= 15 is 0 Å². The monoisotopic (exact) mass is 229 g/mol. The van der Waals surface area contributed by atoms with Gasteiger partial charge in [0, 0.05) is 20.3 Å². The first kappa shape index (κ1) is 15.9. The molecule has 0 saturated carbocycles. The molecule has 2 heteroatoms. The Morgan fingerprint density at radius 1 is 1.06 bits per heavy atom. The highest BCUT2D eigenvalue weighted by Gasteiger charge is 2.26. The van der Waals surface area contributed by atoms with Gasteiger partial charge in [-0.2, -0.15) is 0 Å². The smallest absolute Gasteiger partial charge is 0.0468 e. The molecule has 0 radical (unpaired) electrons. The van der Waals surface area contributed by atoms with E-state index in [1.54, 1.807) is 7.11 Å². The summed E-state index contributed by atoms with van der Waals surface area (Å²) in [6.07, 6.45) is 7.63. The molecule has 0 amide bonds. The van der Waals surface area contributed by atoms with Crippen LogP contribution in [0.4, 0.5) is 0 Å². The average molecular weight is 229 g/mol. The van der Waals surface area contributed by atoms with Gasteiger partial charge in [-0.3, -0.25) is 0 Å². The van der Waals surface area contributed by atoms with Crippen LogP contribution in [0.25, 0.3) is 0 Å². The van der Waals surface area contributed by atoms with Crippen molar-refractivity contribution in [1.82, 2.24) is 5.32 Å². The second kappa shape index (κ2) is 10.1. The fraction of sp³-hybridized carbons (Fsp3) is 1.00.